The third kappa shape index (κ3) is 4.08. The van der Waals surface area contributed by atoms with Crippen LogP contribution in [0.5, 0.6) is 0 Å². The number of aromatic amines is 1. The number of carbonyl (C=O) groups excluding carboxylic acids is 1. The quantitative estimate of drug-likeness (QED) is 0.442. The fourth-order valence-electron chi connectivity index (χ4n) is 3.87. The average Bonchev–Trinajstić information content (AvgIpc) is 3.15. The number of rotatable bonds is 7. The summed E-state index contributed by atoms with van der Waals surface area (Å²) in [5, 5.41) is 4.26. The largest absolute Gasteiger partial charge is 0.355 e. The molecule has 0 spiro atoms. The molecule has 1 heterocycles. The van der Waals surface area contributed by atoms with Crippen LogP contribution in [0.2, 0.25) is 0 Å². The highest BCUT2D eigenvalue weighted by Gasteiger charge is 2.23. The number of carbonyl (C=O) groups is 1. The molecule has 0 aliphatic rings. The highest BCUT2D eigenvalue weighted by atomic mass is 16.1. The molecule has 4 aromatic rings. The third-order valence-corrected chi connectivity index (χ3v) is 5.23. The molecule has 1 unspecified atom stereocenters. The predicted octanol–water partition coefficient (Wildman–Crippen LogP) is 4.43. The number of H-pyrrole nitrogens is 1. The van der Waals surface area contributed by atoms with Gasteiger partial charge in [0.15, 0.2) is 0 Å². The second-order valence-corrected chi connectivity index (χ2v) is 7.13. The normalized spacial score (nSPS) is 12.0. The van der Waals surface area contributed by atoms with Crippen LogP contribution in [0.3, 0.4) is 0 Å². The van der Waals surface area contributed by atoms with E-state index in [0.717, 1.165) is 16.8 Å². The fourth-order valence-corrected chi connectivity index (χ4v) is 3.87. The Morgan fingerprint density at radius 2 is 1.55 bits per heavy atom. The zero-order chi connectivity index (χ0) is 20.1. The summed E-state index contributed by atoms with van der Waals surface area (Å²) in [5.41, 5.74) is 11.2. The van der Waals surface area contributed by atoms with Gasteiger partial charge in [-0.15, -0.1) is 0 Å². The first-order valence-corrected chi connectivity index (χ1v) is 9.95. The van der Waals surface area contributed by atoms with Crippen molar-refractivity contribution in [1.82, 2.24) is 10.3 Å². The van der Waals surface area contributed by atoms with E-state index in [0.29, 0.717) is 19.5 Å². The molecule has 0 fully saturated rings. The van der Waals surface area contributed by atoms with E-state index in [1.54, 1.807) is 0 Å². The molecular weight excluding hydrogens is 358 g/mol. The number of aromatic nitrogens is 1. The molecule has 3 aromatic carbocycles. The third-order valence-electron chi connectivity index (χ3n) is 5.23. The van der Waals surface area contributed by atoms with Crippen molar-refractivity contribution in [2.75, 3.05) is 13.1 Å². The van der Waals surface area contributed by atoms with Gasteiger partial charge >= 0.3 is 0 Å². The van der Waals surface area contributed by atoms with E-state index in [-0.39, 0.29) is 11.8 Å². The van der Waals surface area contributed by atoms with Gasteiger partial charge in [-0.25, -0.2) is 0 Å². The summed E-state index contributed by atoms with van der Waals surface area (Å²) < 4.78 is 0. The predicted molar refractivity (Wildman–Crippen MR) is 119 cm³/mol. The Hall–Kier alpha value is -3.37. The summed E-state index contributed by atoms with van der Waals surface area (Å²) in [6.07, 6.45) is 0.334. The minimum absolute atomic E-state index is 0.0179. The van der Waals surface area contributed by atoms with Gasteiger partial charge in [0.05, 0.1) is 5.69 Å². The van der Waals surface area contributed by atoms with Crippen molar-refractivity contribution in [2.45, 2.75) is 12.3 Å². The van der Waals surface area contributed by atoms with Crippen LogP contribution in [-0.2, 0) is 4.79 Å². The van der Waals surface area contributed by atoms with Crippen molar-refractivity contribution in [3.05, 3.63) is 96.1 Å². The number of fused-ring (bicyclic) bond motifs is 1. The maximum atomic E-state index is 12.2. The molecule has 0 saturated heterocycles. The maximum Gasteiger partial charge on any atom is 0.221 e. The number of hydrogen-bond donors (Lipinski definition) is 3. The van der Waals surface area contributed by atoms with E-state index < -0.39 is 0 Å². The Labute approximate surface area is 170 Å². The van der Waals surface area contributed by atoms with Crippen LogP contribution >= 0.6 is 0 Å². The molecular formula is C25H25N3O. The monoisotopic (exact) mass is 383 g/mol. The van der Waals surface area contributed by atoms with Gasteiger partial charge in [-0.1, -0.05) is 78.9 Å². The molecule has 0 aliphatic heterocycles. The summed E-state index contributed by atoms with van der Waals surface area (Å²) in [4.78, 5) is 15.8. The molecule has 0 radical (unpaired) electrons. The Balaban J connectivity index is 1.86. The van der Waals surface area contributed by atoms with Crippen molar-refractivity contribution in [2.24, 2.45) is 5.73 Å². The number of benzene rings is 3. The fraction of sp³-hybridized carbons (Fsp3) is 0.160. The van der Waals surface area contributed by atoms with Gasteiger partial charge in [0.2, 0.25) is 5.91 Å². The topological polar surface area (TPSA) is 70.9 Å². The van der Waals surface area contributed by atoms with E-state index in [9.17, 15) is 4.79 Å². The van der Waals surface area contributed by atoms with Crippen molar-refractivity contribution in [3.63, 3.8) is 0 Å². The summed E-state index contributed by atoms with van der Waals surface area (Å²) in [7, 11) is 0. The highest BCUT2D eigenvalue weighted by molar-refractivity contribution is 5.92. The lowest BCUT2D eigenvalue weighted by Crippen LogP contribution is -2.30. The van der Waals surface area contributed by atoms with Crippen LogP contribution in [-0.4, -0.2) is 24.0 Å². The molecule has 4 heteroatoms. The minimum atomic E-state index is -0.0190. The Bertz CT molecular complexity index is 1090. The second-order valence-electron chi connectivity index (χ2n) is 7.13. The van der Waals surface area contributed by atoms with Gasteiger partial charge in [-0.05, 0) is 22.8 Å². The number of para-hydroxylation sites is 1. The molecule has 0 saturated carbocycles. The Morgan fingerprint density at radius 3 is 2.28 bits per heavy atom. The lowest BCUT2D eigenvalue weighted by Gasteiger charge is -2.20. The van der Waals surface area contributed by atoms with Crippen LogP contribution in [0.4, 0.5) is 0 Å². The van der Waals surface area contributed by atoms with Crippen LogP contribution < -0.4 is 11.1 Å². The van der Waals surface area contributed by atoms with Gasteiger partial charge < -0.3 is 16.0 Å². The molecule has 0 aliphatic carbocycles. The van der Waals surface area contributed by atoms with Crippen LogP contribution in [0.15, 0.2) is 84.9 Å². The molecule has 146 valence electrons. The lowest BCUT2D eigenvalue weighted by atomic mass is 9.87. The number of amides is 1. The van der Waals surface area contributed by atoms with E-state index in [2.05, 4.69) is 52.8 Å². The first-order chi connectivity index (χ1) is 14.3. The first kappa shape index (κ1) is 19.0. The number of hydrogen-bond acceptors (Lipinski definition) is 2. The van der Waals surface area contributed by atoms with Crippen molar-refractivity contribution in [3.8, 4) is 11.3 Å². The maximum absolute atomic E-state index is 12.2. The Morgan fingerprint density at radius 1 is 0.897 bits per heavy atom. The standard InChI is InChI=1S/C25H25N3O/c26-16-15-23(29)27-17-21(18-9-3-1-4-10-18)24-20-13-7-8-14-22(20)28-25(24)19-11-5-2-6-12-19/h1-14,21,28H,15-17,26H2,(H,27,29). The van der Waals surface area contributed by atoms with Crippen molar-refractivity contribution >= 4 is 16.8 Å². The zero-order valence-corrected chi connectivity index (χ0v) is 16.3. The SMILES string of the molecule is NCCC(=O)NCC(c1ccccc1)c1c(-c2ccccc2)[nH]c2ccccc12. The van der Waals surface area contributed by atoms with Gasteiger partial charge in [0.1, 0.15) is 0 Å². The number of nitrogens with two attached hydrogens (primary N) is 1. The lowest BCUT2D eigenvalue weighted by molar-refractivity contribution is -0.120. The van der Waals surface area contributed by atoms with Gasteiger partial charge in [0.25, 0.3) is 0 Å². The molecule has 0 bridgehead atoms. The summed E-state index contributed by atoms with van der Waals surface area (Å²) >= 11 is 0. The molecule has 4 N–H and O–H groups in total. The van der Waals surface area contributed by atoms with Gasteiger partial charge in [-0.2, -0.15) is 0 Å². The molecule has 4 nitrogen and oxygen atoms in total. The van der Waals surface area contributed by atoms with Crippen molar-refractivity contribution < 1.29 is 4.79 Å². The molecule has 29 heavy (non-hydrogen) atoms. The van der Waals surface area contributed by atoms with E-state index in [1.807, 2.05) is 42.5 Å². The summed E-state index contributed by atoms with van der Waals surface area (Å²) in [6, 6.07) is 29.0. The molecule has 1 amide bonds. The smallest absolute Gasteiger partial charge is 0.221 e. The molecule has 1 aromatic heterocycles. The molecule has 1 atom stereocenters. The zero-order valence-electron chi connectivity index (χ0n) is 16.3. The number of nitrogens with one attached hydrogen (secondary N) is 2. The first-order valence-electron chi connectivity index (χ1n) is 9.95. The van der Waals surface area contributed by atoms with Crippen molar-refractivity contribution in [1.29, 1.82) is 0 Å². The van der Waals surface area contributed by atoms with Gasteiger partial charge in [0, 0.05) is 36.3 Å². The minimum Gasteiger partial charge on any atom is -0.355 e. The summed E-state index contributed by atoms with van der Waals surface area (Å²) in [5.74, 6) is -0.00110. The van der Waals surface area contributed by atoms with E-state index >= 15 is 0 Å². The van der Waals surface area contributed by atoms with Gasteiger partial charge in [-0.3, -0.25) is 4.79 Å². The van der Waals surface area contributed by atoms with Crippen LogP contribution in [0.1, 0.15) is 23.5 Å². The average molecular weight is 383 g/mol. The Kier molecular flexibility index (Phi) is 5.73. The molecule has 4 rings (SSSR count). The highest BCUT2D eigenvalue weighted by Crippen LogP contribution is 2.38. The van der Waals surface area contributed by atoms with Crippen LogP contribution in [0.25, 0.3) is 22.2 Å². The second kappa shape index (κ2) is 8.76. The van der Waals surface area contributed by atoms with Crippen LogP contribution in [0, 0.1) is 0 Å². The summed E-state index contributed by atoms with van der Waals surface area (Å²) in [6.45, 7) is 0.870. The van der Waals surface area contributed by atoms with E-state index in [1.165, 1.54) is 16.5 Å². The van der Waals surface area contributed by atoms with E-state index in [4.69, 9.17) is 5.73 Å².